The van der Waals surface area contributed by atoms with Gasteiger partial charge in [0, 0.05) is 17.6 Å². The highest BCUT2D eigenvalue weighted by atomic mass is 79.9. The Morgan fingerprint density at radius 3 is 3.10 bits per heavy atom. The van der Waals surface area contributed by atoms with Crippen LogP contribution in [0.25, 0.3) is 0 Å². The van der Waals surface area contributed by atoms with Gasteiger partial charge >= 0.3 is 0 Å². The third-order valence-corrected chi connectivity index (χ3v) is 3.83. The maximum Gasteiger partial charge on any atom is 0.246 e. The van der Waals surface area contributed by atoms with Gasteiger partial charge in [0.2, 0.25) is 5.91 Å². The van der Waals surface area contributed by atoms with Crippen molar-refractivity contribution in [1.82, 2.24) is 5.32 Å². The van der Waals surface area contributed by atoms with E-state index in [1.165, 1.54) is 0 Å². The van der Waals surface area contributed by atoms with Crippen LogP contribution in [0.1, 0.15) is 24.0 Å². The molecular weight excluding hydrogens is 322 g/mol. The zero-order valence-corrected chi connectivity index (χ0v) is 13.2. The minimum atomic E-state index is -0.0923. The molecule has 0 radical (unpaired) electrons. The first-order valence-electron chi connectivity index (χ1n) is 6.86. The minimum absolute atomic E-state index is 0.0923. The molecule has 0 saturated carbocycles. The molecule has 1 heterocycles. The van der Waals surface area contributed by atoms with E-state index in [1.54, 1.807) is 0 Å². The average Bonchev–Trinajstić information content (AvgIpc) is 2.91. The van der Waals surface area contributed by atoms with E-state index in [1.807, 2.05) is 25.1 Å². The van der Waals surface area contributed by atoms with Crippen molar-refractivity contribution in [2.45, 2.75) is 32.4 Å². The van der Waals surface area contributed by atoms with E-state index in [2.05, 4.69) is 21.2 Å². The van der Waals surface area contributed by atoms with Crippen LogP contribution in [0.3, 0.4) is 0 Å². The second kappa shape index (κ2) is 7.76. The van der Waals surface area contributed by atoms with Crippen LogP contribution in [0.2, 0.25) is 0 Å². The lowest BCUT2D eigenvalue weighted by molar-refractivity contribution is -0.127. The van der Waals surface area contributed by atoms with Crippen LogP contribution >= 0.6 is 15.9 Å². The minimum Gasteiger partial charge on any atom is -0.376 e. The van der Waals surface area contributed by atoms with Crippen molar-refractivity contribution in [3.63, 3.8) is 0 Å². The summed E-state index contributed by atoms with van der Waals surface area (Å²) >= 11 is 3.42. The first-order chi connectivity index (χ1) is 9.65. The van der Waals surface area contributed by atoms with Gasteiger partial charge in [0.25, 0.3) is 0 Å². The summed E-state index contributed by atoms with van der Waals surface area (Å²) in [5.41, 5.74) is 2.26. The number of carbonyl (C=O) groups is 1. The van der Waals surface area contributed by atoms with Crippen molar-refractivity contribution in [3.8, 4) is 0 Å². The van der Waals surface area contributed by atoms with Crippen LogP contribution in [0.15, 0.2) is 22.7 Å². The van der Waals surface area contributed by atoms with Crippen molar-refractivity contribution in [2.75, 3.05) is 19.8 Å². The highest BCUT2D eigenvalue weighted by Crippen LogP contribution is 2.15. The summed E-state index contributed by atoms with van der Waals surface area (Å²) in [5, 5.41) is 2.86. The van der Waals surface area contributed by atoms with Crippen LogP contribution in [-0.4, -0.2) is 31.8 Å². The number of hydrogen-bond acceptors (Lipinski definition) is 3. The molecule has 1 aromatic carbocycles. The second-order valence-electron chi connectivity index (χ2n) is 5.00. The zero-order valence-electron chi connectivity index (χ0n) is 11.7. The Balaban J connectivity index is 1.66. The molecule has 1 atom stereocenters. The normalized spacial score (nSPS) is 18.2. The van der Waals surface area contributed by atoms with E-state index in [9.17, 15) is 4.79 Å². The molecule has 2 rings (SSSR count). The summed E-state index contributed by atoms with van der Waals surface area (Å²) in [7, 11) is 0. The van der Waals surface area contributed by atoms with Crippen molar-refractivity contribution in [1.29, 1.82) is 0 Å². The van der Waals surface area contributed by atoms with E-state index in [4.69, 9.17) is 9.47 Å². The van der Waals surface area contributed by atoms with Gasteiger partial charge in [0.15, 0.2) is 0 Å². The molecule has 0 aliphatic carbocycles. The molecule has 1 N–H and O–H groups in total. The van der Waals surface area contributed by atoms with Crippen LogP contribution in [0.5, 0.6) is 0 Å². The van der Waals surface area contributed by atoms with Gasteiger partial charge < -0.3 is 14.8 Å². The molecule has 1 saturated heterocycles. The number of nitrogens with one attached hydrogen (secondary N) is 1. The summed E-state index contributed by atoms with van der Waals surface area (Å²) in [4.78, 5) is 11.7. The number of benzene rings is 1. The van der Waals surface area contributed by atoms with Crippen molar-refractivity contribution < 1.29 is 14.3 Å². The molecule has 1 aliphatic heterocycles. The van der Waals surface area contributed by atoms with Gasteiger partial charge in [-0.2, -0.15) is 0 Å². The van der Waals surface area contributed by atoms with Gasteiger partial charge in [0.1, 0.15) is 6.61 Å². The molecular formula is C15H20BrNO3. The fraction of sp³-hybridized carbons (Fsp3) is 0.533. The third kappa shape index (κ3) is 4.89. The molecule has 1 fully saturated rings. The Morgan fingerprint density at radius 2 is 2.40 bits per heavy atom. The number of aryl methyl sites for hydroxylation is 1. The van der Waals surface area contributed by atoms with Crippen molar-refractivity contribution in [3.05, 3.63) is 33.8 Å². The van der Waals surface area contributed by atoms with Crippen LogP contribution in [0.4, 0.5) is 0 Å². The summed E-state index contributed by atoms with van der Waals surface area (Å²) in [6.45, 7) is 3.96. The van der Waals surface area contributed by atoms with E-state index in [-0.39, 0.29) is 18.6 Å². The predicted molar refractivity (Wildman–Crippen MR) is 80.5 cm³/mol. The number of amides is 1. The van der Waals surface area contributed by atoms with E-state index in [0.717, 1.165) is 35.0 Å². The van der Waals surface area contributed by atoms with E-state index in [0.29, 0.717) is 13.2 Å². The summed E-state index contributed by atoms with van der Waals surface area (Å²) in [6, 6.07) is 6.02. The first-order valence-corrected chi connectivity index (χ1v) is 7.65. The Kier molecular flexibility index (Phi) is 6.01. The Labute approximate surface area is 128 Å². The van der Waals surface area contributed by atoms with Crippen molar-refractivity contribution >= 4 is 21.8 Å². The molecule has 1 aromatic rings. The number of ether oxygens (including phenoxy) is 2. The summed E-state index contributed by atoms with van der Waals surface area (Å²) in [5.74, 6) is -0.0923. The smallest absolute Gasteiger partial charge is 0.246 e. The fourth-order valence-corrected chi connectivity index (χ4v) is 2.64. The highest BCUT2D eigenvalue weighted by Gasteiger charge is 2.15. The van der Waals surface area contributed by atoms with E-state index >= 15 is 0 Å². The topological polar surface area (TPSA) is 47.6 Å². The Morgan fingerprint density at radius 1 is 1.55 bits per heavy atom. The van der Waals surface area contributed by atoms with Crippen LogP contribution in [-0.2, 0) is 20.8 Å². The lowest BCUT2D eigenvalue weighted by atomic mass is 10.1. The molecule has 0 spiro atoms. The van der Waals surface area contributed by atoms with E-state index < -0.39 is 0 Å². The first kappa shape index (κ1) is 15.5. The molecule has 110 valence electrons. The monoisotopic (exact) mass is 341 g/mol. The number of rotatable bonds is 6. The van der Waals surface area contributed by atoms with Gasteiger partial charge in [-0.05, 0) is 43.0 Å². The molecule has 1 aliphatic rings. The number of hydrogen-bond donors (Lipinski definition) is 1. The number of halogens is 1. The fourth-order valence-electron chi connectivity index (χ4n) is 2.16. The SMILES string of the molecule is Cc1cc(Br)ccc1CNC(=O)COC[C@@H]1CCCO1. The highest BCUT2D eigenvalue weighted by molar-refractivity contribution is 9.10. The lowest BCUT2D eigenvalue weighted by Crippen LogP contribution is -2.29. The lowest BCUT2D eigenvalue weighted by Gasteiger charge is -2.11. The molecule has 0 unspecified atom stereocenters. The van der Waals surface area contributed by atoms with Crippen LogP contribution < -0.4 is 5.32 Å². The van der Waals surface area contributed by atoms with Gasteiger partial charge in [-0.3, -0.25) is 4.79 Å². The standard InChI is InChI=1S/C15H20BrNO3/c1-11-7-13(16)5-4-12(11)8-17-15(18)10-19-9-14-3-2-6-20-14/h4-5,7,14H,2-3,6,8-10H2,1H3,(H,17,18)/t14-/m0/s1. The summed E-state index contributed by atoms with van der Waals surface area (Å²) < 4.78 is 11.8. The largest absolute Gasteiger partial charge is 0.376 e. The number of carbonyl (C=O) groups excluding carboxylic acids is 1. The third-order valence-electron chi connectivity index (χ3n) is 3.34. The molecule has 4 nitrogen and oxygen atoms in total. The molecule has 0 aromatic heterocycles. The molecule has 20 heavy (non-hydrogen) atoms. The maximum atomic E-state index is 11.7. The van der Waals surface area contributed by atoms with Gasteiger partial charge in [0.05, 0.1) is 12.7 Å². The predicted octanol–water partition coefficient (Wildman–Crippen LogP) is 2.57. The average molecular weight is 342 g/mol. The van der Waals surface area contributed by atoms with Gasteiger partial charge in [-0.25, -0.2) is 0 Å². The van der Waals surface area contributed by atoms with Crippen molar-refractivity contribution in [2.24, 2.45) is 0 Å². The summed E-state index contributed by atoms with van der Waals surface area (Å²) in [6.07, 6.45) is 2.28. The van der Waals surface area contributed by atoms with Crippen LogP contribution in [0, 0.1) is 6.92 Å². The second-order valence-corrected chi connectivity index (χ2v) is 5.91. The molecule has 5 heteroatoms. The van der Waals surface area contributed by atoms with Gasteiger partial charge in [-0.15, -0.1) is 0 Å². The zero-order chi connectivity index (χ0) is 14.4. The molecule has 1 amide bonds. The molecule has 0 bridgehead atoms. The van der Waals surface area contributed by atoms with Gasteiger partial charge in [-0.1, -0.05) is 22.0 Å². The Bertz CT molecular complexity index is 458. The quantitative estimate of drug-likeness (QED) is 0.864. The maximum absolute atomic E-state index is 11.7. The Hall–Kier alpha value is -0.910.